The summed E-state index contributed by atoms with van der Waals surface area (Å²) in [7, 11) is 0. The Hall–Kier alpha value is -7.39. The maximum Gasteiger partial charge on any atom is 0.254 e. The second kappa shape index (κ2) is 13.1. The van der Waals surface area contributed by atoms with Crippen LogP contribution in [0.2, 0.25) is 0 Å². The fourth-order valence-electron chi connectivity index (χ4n) is 10.3. The Morgan fingerprint density at radius 1 is 0.359 bits per heavy atom. The van der Waals surface area contributed by atoms with Crippen LogP contribution < -0.4 is 51.7 Å². The lowest BCUT2D eigenvalue weighted by molar-refractivity contribution is 0.465. The molecule has 2 aromatic heterocycles. The van der Waals surface area contributed by atoms with Crippen molar-refractivity contribution in [2.45, 2.75) is 19.6 Å². The van der Waals surface area contributed by atoms with Crippen molar-refractivity contribution in [1.82, 2.24) is 0 Å². The molecule has 0 saturated carbocycles. The summed E-state index contributed by atoms with van der Waals surface area (Å²) >= 11 is 3.51. The quantitative estimate of drug-likeness (QED) is 0.162. The monoisotopic (exact) mass is 858 g/mol. The second-order valence-electron chi connectivity index (χ2n) is 16.6. The topological polar surface area (TPSA) is 63.2 Å². The van der Waals surface area contributed by atoms with Crippen LogP contribution in [0.15, 0.2) is 198 Å². The first-order valence-corrected chi connectivity index (χ1v) is 22.9. The van der Waals surface area contributed by atoms with Gasteiger partial charge in [-0.25, -0.2) is 0 Å². The molecule has 298 valence electrons. The molecule has 15 rings (SSSR count). The van der Waals surface area contributed by atoms with Crippen molar-refractivity contribution in [1.29, 1.82) is 0 Å². The van der Waals surface area contributed by atoms with Crippen LogP contribution in [0.1, 0.15) is 0 Å². The minimum absolute atomic E-state index is 0.0923. The van der Waals surface area contributed by atoms with Crippen molar-refractivity contribution in [3.63, 3.8) is 0 Å². The molecular formula is C54H28B2O6S2. The number of rotatable bonds is 4. The predicted octanol–water partition coefficient (Wildman–Crippen LogP) is 11.2. The molecule has 64 heavy (non-hydrogen) atoms. The Kier molecular flexibility index (Phi) is 7.18. The molecule has 0 unspecified atom stereocenters. The lowest BCUT2D eigenvalue weighted by atomic mass is 9.32. The number of para-hydroxylation sites is 2. The van der Waals surface area contributed by atoms with Gasteiger partial charge in [0.05, 0.1) is 9.79 Å². The van der Waals surface area contributed by atoms with Crippen LogP contribution in [0.4, 0.5) is 0 Å². The Balaban J connectivity index is 0.904. The lowest BCUT2D eigenvalue weighted by Crippen LogP contribution is -2.61. The van der Waals surface area contributed by atoms with Gasteiger partial charge in [0.15, 0.2) is 0 Å². The van der Waals surface area contributed by atoms with Gasteiger partial charge >= 0.3 is 0 Å². The van der Waals surface area contributed by atoms with Gasteiger partial charge in [0.25, 0.3) is 13.4 Å². The number of furan rings is 2. The van der Waals surface area contributed by atoms with Crippen molar-refractivity contribution in [2.75, 3.05) is 0 Å². The van der Waals surface area contributed by atoms with Gasteiger partial charge in [-0.15, -0.1) is 0 Å². The zero-order valence-corrected chi connectivity index (χ0v) is 35.2. The minimum Gasteiger partial charge on any atom is -0.458 e. The molecule has 6 nitrogen and oxygen atoms in total. The van der Waals surface area contributed by atoms with Crippen molar-refractivity contribution < 1.29 is 27.8 Å². The Labute approximate surface area is 374 Å². The summed E-state index contributed by atoms with van der Waals surface area (Å²) in [6.07, 6.45) is 0. The van der Waals surface area contributed by atoms with E-state index in [1.54, 1.807) is 23.5 Å². The summed E-state index contributed by atoms with van der Waals surface area (Å²) in [6, 6.07) is 58.1. The zero-order chi connectivity index (χ0) is 41.6. The molecule has 4 aliphatic heterocycles. The molecule has 4 aliphatic rings. The van der Waals surface area contributed by atoms with Gasteiger partial charge in [-0.3, -0.25) is 0 Å². The molecule has 0 atom stereocenters. The van der Waals surface area contributed by atoms with Crippen LogP contribution in [-0.2, 0) is 0 Å². The maximum atomic E-state index is 7.08. The molecule has 0 bridgehead atoms. The van der Waals surface area contributed by atoms with E-state index in [1.807, 2.05) is 84.9 Å². The van der Waals surface area contributed by atoms with E-state index in [0.717, 1.165) is 122 Å². The van der Waals surface area contributed by atoms with Crippen LogP contribution in [0.5, 0.6) is 46.0 Å². The average Bonchev–Trinajstić information content (AvgIpc) is 3.89. The van der Waals surface area contributed by atoms with E-state index in [-0.39, 0.29) is 13.4 Å². The van der Waals surface area contributed by atoms with Gasteiger partial charge in [0.1, 0.15) is 68.3 Å². The molecule has 9 aromatic carbocycles. The number of hydrogen-bond donors (Lipinski definition) is 0. The smallest absolute Gasteiger partial charge is 0.254 e. The van der Waals surface area contributed by atoms with E-state index in [9.17, 15) is 0 Å². The fourth-order valence-corrected chi connectivity index (χ4v) is 12.7. The van der Waals surface area contributed by atoms with Crippen molar-refractivity contribution in [2.24, 2.45) is 0 Å². The number of fused-ring (bicyclic) bond motifs is 16. The highest BCUT2D eigenvalue weighted by Crippen LogP contribution is 2.48. The van der Waals surface area contributed by atoms with Gasteiger partial charge in [0.2, 0.25) is 0 Å². The van der Waals surface area contributed by atoms with Crippen LogP contribution in [0.3, 0.4) is 0 Å². The van der Waals surface area contributed by atoms with Crippen LogP contribution in [0, 0.1) is 0 Å². The van der Waals surface area contributed by atoms with E-state index in [1.165, 1.54) is 20.7 Å². The Morgan fingerprint density at radius 3 is 1.30 bits per heavy atom. The maximum absolute atomic E-state index is 7.08. The van der Waals surface area contributed by atoms with E-state index in [2.05, 4.69) is 84.9 Å². The van der Waals surface area contributed by atoms with E-state index in [0.29, 0.717) is 0 Å². The predicted molar refractivity (Wildman–Crippen MR) is 258 cm³/mol. The van der Waals surface area contributed by atoms with E-state index in [4.69, 9.17) is 27.8 Å². The van der Waals surface area contributed by atoms with Gasteiger partial charge in [-0.1, -0.05) is 113 Å². The summed E-state index contributed by atoms with van der Waals surface area (Å²) < 4.78 is 40.3. The zero-order valence-electron chi connectivity index (χ0n) is 33.6. The third-order valence-corrected chi connectivity index (χ3v) is 15.4. The molecule has 0 spiro atoms. The highest BCUT2D eigenvalue weighted by molar-refractivity contribution is 8.00. The Bertz CT molecular complexity index is 3580. The summed E-state index contributed by atoms with van der Waals surface area (Å²) in [4.78, 5) is 4.55. The molecule has 0 N–H and O–H groups in total. The molecule has 0 amide bonds. The first-order valence-electron chi connectivity index (χ1n) is 21.3. The van der Waals surface area contributed by atoms with Gasteiger partial charge in [0, 0.05) is 49.5 Å². The van der Waals surface area contributed by atoms with Crippen LogP contribution >= 0.6 is 23.5 Å². The molecule has 10 heteroatoms. The van der Waals surface area contributed by atoms with Crippen molar-refractivity contribution in [3.8, 4) is 46.0 Å². The van der Waals surface area contributed by atoms with E-state index < -0.39 is 0 Å². The number of ether oxygens (including phenoxy) is 4. The lowest BCUT2D eigenvalue weighted by Gasteiger charge is -2.36. The van der Waals surface area contributed by atoms with E-state index >= 15 is 0 Å². The first-order chi connectivity index (χ1) is 31.7. The summed E-state index contributed by atoms with van der Waals surface area (Å²) in [6.45, 7) is -0.185. The second-order valence-corrected chi connectivity index (χ2v) is 18.7. The third kappa shape index (κ3) is 5.03. The van der Waals surface area contributed by atoms with Gasteiger partial charge < -0.3 is 27.8 Å². The van der Waals surface area contributed by atoms with Crippen LogP contribution in [-0.4, -0.2) is 13.4 Å². The van der Waals surface area contributed by atoms with Gasteiger partial charge in [-0.2, -0.15) is 0 Å². The van der Waals surface area contributed by atoms with Crippen LogP contribution in [0.25, 0.3) is 43.9 Å². The summed E-state index contributed by atoms with van der Waals surface area (Å²) in [5, 5.41) is 4.03. The fraction of sp³-hybridized carbons (Fsp3) is 0. The Morgan fingerprint density at radius 2 is 0.812 bits per heavy atom. The average molecular weight is 859 g/mol. The number of benzene rings is 9. The molecule has 0 radical (unpaired) electrons. The molecule has 6 heterocycles. The van der Waals surface area contributed by atoms with Gasteiger partial charge in [-0.05, 0) is 94.6 Å². The highest BCUT2D eigenvalue weighted by atomic mass is 32.2. The largest absolute Gasteiger partial charge is 0.458 e. The standard InChI is InChI=1S/C54H28B2O6S2/c1-3-11-29(12-4-1)57-31-19-21-33-35-25-45-49-53(51(35)61-41(33)23-31)63-47-17-9-7-15-37(47)55(49)39-27-40-44(28-43(39)59-45)60-46-26-36-34-22-20-32(58-30-13-5-2-6-14-30)24-42(34)62-52(36)54-50(46)56(40)38-16-8-10-18-48(38)64-54/h1-28H. The SMILES string of the molecule is c1ccc(Oc2ccc3c(c2)oc2c4c5c(cc23)Oc2cc3c(cc2B5c2ccccc2S4)B2c4ccccc4Sc4c2c(cc2c4oc4cc(Oc5ccccc5)ccc42)O3)cc1. The van der Waals surface area contributed by atoms with Crippen molar-refractivity contribution >= 4 is 114 Å². The highest BCUT2D eigenvalue weighted by Gasteiger charge is 2.45. The molecule has 0 fully saturated rings. The first kappa shape index (κ1) is 35.1. The summed E-state index contributed by atoms with van der Waals surface area (Å²) in [5.41, 5.74) is 10.2. The number of hydrogen-bond acceptors (Lipinski definition) is 8. The molecule has 11 aromatic rings. The van der Waals surface area contributed by atoms with Crippen molar-refractivity contribution in [3.05, 3.63) is 170 Å². The summed E-state index contributed by atoms with van der Waals surface area (Å²) in [5.74, 6) is 6.22. The molecular weight excluding hydrogens is 830 g/mol. The third-order valence-electron chi connectivity index (χ3n) is 13.0. The minimum atomic E-state index is -0.0923. The molecule has 0 aliphatic carbocycles. The normalized spacial score (nSPS) is 13.7. The molecule has 0 saturated heterocycles.